The lowest BCUT2D eigenvalue weighted by molar-refractivity contribution is -0.138. The van der Waals surface area contributed by atoms with Crippen LogP contribution in [0.15, 0.2) is 42.5 Å². The van der Waals surface area contributed by atoms with E-state index in [-0.39, 0.29) is 5.56 Å². The van der Waals surface area contributed by atoms with E-state index < -0.39 is 30.1 Å². The van der Waals surface area contributed by atoms with E-state index in [1.54, 1.807) is 6.07 Å². The van der Waals surface area contributed by atoms with Crippen LogP contribution in [0, 0.1) is 0 Å². The zero-order valence-electron chi connectivity index (χ0n) is 12.0. The number of alkyl halides is 3. The van der Waals surface area contributed by atoms with Crippen LogP contribution in [0.25, 0.3) is 6.08 Å². The Morgan fingerprint density at radius 2 is 1.96 bits per heavy atom. The van der Waals surface area contributed by atoms with Crippen LogP contribution in [-0.2, 0) is 15.7 Å². The van der Waals surface area contributed by atoms with Crippen LogP contribution < -0.4 is 0 Å². The van der Waals surface area contributed by atoms with Gasteiger partial charge < -0.3 is 4.74 Å². The smallest absolute Gasteiger partial charge is 0.416 e. The van der Waals surface area contributed by atoms with Crippen molar-refractivity contribution in [1.29, 1.82) is 0 Å². The van der Waals surface area contributed by atoms with Gasteiger partial charge in [-0.2, -0.15) is 13.2 Å². The highest BCUT2D eigenvalue weighted by Crippen LogP contribution is 2.29. The van der Waals surface area contributed by atoms with Crippen molar-refractivity contribution in [2.45, 2.75) is 6.18 Å². The third-order valence-electron chi connectivity index (χ3n) is 2.82. The Bertz CT molecular complexity index is 781. The number of hydrogen-bond donors (Lipinski definition) is 0. The number of carbonyl (C=O) groups excluding carboxylic acids is 2. The van der Waals surface area contributed by atoms with E-state index in [2.05, 4.69) is 0 Å². The van der Waals surface area contributed by atoms with Gasteiger partial charge in [-0.1, -0.05) is 23.7 Å². The number of Topliss-reactive ketones (excluding diaryl/α,β-unsaturated/α-hetero) is 1. The van der Waals surface area contributed by atoms with Gasteiger partial charge in [0.2, 0.25) is 5.78 Å². The van der Waals surface area contributed by atoms with E-state index in [1.807, 2.05) is 0 Å². The van der Waals surface area contributed by atoms with E-state index in [1.165, 1.54) is 24.3 Å². The molecule has 0 atom stereocenters. The van der Waals surface area contributed by atoms with Gasteiger partial charge in [-0.15, -0.1) is 11.3 Å². The second-order valence-corrected chi connectivity index (χ2v) is 6.31. The maximum atomic E-state index is 12.6. The number of thiophene rings is 1. The van der Waals surface area contributed by atoms with Crippen molar-refractivity contribution in [3.63, 3.8) is 0 Å². The van der Waals surface area contributed by atoms with Gasteiger partial charge in [0.25, 0.3) is 0 Å². The van der Waals surface area contributed by atoms with Gasteiger partial charge in [0.15, 0.2) is 6.61 Å². The average molecular weight is 375 g/mol. The van der Waals surface area contributed by atoms with Crippen molar-refractivity contribution in [2.75, 3.05) is 6.61 Å². The zero-order valence-corrected chi connectivity index (χ0v) is 13.5. The first kappa shape index (κ1) is 18.2. The Morgan fingerprint density at radius 1 is 1.21 bits per heavy atom. The van der Waals surface area contributed by atoms with Gasteiger partial charge in [-0.25, -0.2) is 4.79 Å². The lowest BCUT2D eigenvalue weighted by Crippen LogP contribution is -2.11. The highest BCUT2D eigenvalue weighted by Gasteiger charge is 2.30. The molecule has 0 radical (unpaired) electrons. The zero-order chi connectivity index (χ0) is 17.7. The summed E-state index contributed by atoms with van der Waals surface area (Å²) in [4.78, 5) is 23.6. The van der Waals surface area contributed by atoms with Gasteiger partial charge in [0, 0.05) is 6.08 Å². The molecule has 1 heterocycles. The average Bonchev–Trinajstić information content (AvgIpc) is 2.96. The molecule has 1 aromatic heterocycles. The van der Waals surface area contributed by atoms with Crippen LogP contribution in [0.2, 0.25) is 4.34 Å². The second-order valence-electron chi connectivity index (χ2n) is 4.59. The first-order valence-electron chi connectivity index (χ1n) is 6.56. The standard InChI is InChI=1S/C16H10ClF3O3S/c17-14-6-5-13(24-14)12(21)9-23-15(22)7-4-10-2-1-3-11(8-10)16(18,19)20/h1-8H,9H2. The summed E-state index contributed by atoms with van der Waals surface area (Å²) >= 11 is 6.76. The summed E-state index contributed by atoms with van der Waals surface area (Å²) in [5.41, 5.74) is -0.624. The first-order chi connectivity index (χ1) is 11.3. The predicted octanol–water partition coefficient (Wildman–Crippen LogP) is 4.86. The van der Waals surface area contributed by atoms with E-state index in [0.717, 1.165) is 29.5 Å². The van der Waals surface area contributed by atoms with E-state index in [0.29, 0.717) is 9.21 Å². The minimum absolute atomic E-state index is 0.193. The van der Waals surface area contributed by atoms with E-state index >= 15 is 0 Å². The summed E-state index contributed by atoms with van der Waals surface area (Å²) in [5.74, 6) is -1.24. The monoisotopic (exact) mass is 374 g/mol. The molecular formula is C16H10ClF3O3S. The normalized spacial score (nSPS) is 11.7. The first-order valence-corrected chi connectivity index (χ1v) is 7.76. The molecule has 0 aliphatic rings. The van der Waals surface area contributed by atoms with Crippen LogP contribution >= 0.6 is 22.9 Å². The molecule has 0 fully saturated rings. The number of benzene rings is 1. The molecule has 2 aromatic rings. The summed E-state index contributed by atoms with van der Waals surface area (Å²) in [6.45, 7) is -0.470. The Balaban J connectivity index is 1.92. The van der Waals surface area contributed by atoms with E-state index in [4.69, 9.17) is 16.3 Å². The fourth-order valence-electron chi connectivity index (χ4n) is 1.70. The number of ketones is 1. The SMILES string of the molecule is O=C(C=Cc1cccc(C(F)(F)F)c1)OCC(=O)c1ccc(Cl)s1. The van der Waals surface area contributed by atoms with Crippen molar-refractivity contribution in [2.24, 2.45) is 0 Å². The summed E-state index contributed by atoms with van der Waals surface area (Å²) in [5, 5.41) is 0. The highest BCUT2D eigenvalue weighted by molar-refractivity contribution is 7.18. The lowest BCUT2D eigenvalue weighted by Gasteiger charge is -2.06. The van der Waals surface area contributed by atoms with Gasteiger partial charge in [0.1, 0.15) is 0 Å². The molecular weight excluding hydrogens is 365 g/mol. The summed E-state index contributed by atoms with van der Waals surface area (Å²) in [6, 6.07) is 7.55. The quantitative estimate of drug-likeness (QED) is 0.426. The molecule has 2 rings (SSSR count). The Hall–Kier alpha value is -2.12. The maximum absolute atomic E-state index is 12.6. The largest absolute Gasteiger partial charge is 0.454 e. The van der Waals surface area contributed by atoms with Crippen molar-refractivity contribution in [1.82, 2.24) is 0 Å². The van der Waals surface area contributed by atoms with Gasteiger partial charge in [-0.05, 0) is 35.9 Å². The molecule has 8 heteroatoms. The molecule has 24 heavy (non-hydrogen) atoms. The van der Waals surface area contributed by atoms with Crippen molar-refractivity contribution in [3.05, 3.63) is 62.8 Å². The second kappa shape index (κ2) is 7.63. The maximum Gasteiger partial charge on any atom is 0.416 e. The summed E-state index contributed by atoms with van der Waals surface area (Å²) in [6.07, 6.45) is -2.31. The van der Waals surface area contributed by atoms with Crippen molar-refractivity contribution in [3.8, 4) is 0 Å². The number of halogens is 4. The third kappa shape index (κ3) is 5.21. The summed E-state index contributed by atoms with van der Waals surface area (Å²) < 4.78 is 42.9. The number of hydrogen-bond acceptors (Lipinski definition) is 4. The third-order valence-corrected chi connectivity index (χ3v) is 4.09. The van der Waals surface area contributed by atoms with Gasteiger partial charge in [0.05, 0.1) is 14.8 Å². The lowest BCUT2D eigenvalue weighted by atomic mass is 10.1. The molecule has 0 amide bonds. The molecule has 0 unspecified atom stereocenters. The van der Waals surface area contributed by atoms with Crippen LogP contribution in [0.5, 0.6) is 0 Å². The van der Waals surface area contributed by atoms with Crippen molar-refractivity contribution >= 4 is 40.8 Å². The number of ether oxygens (including phenoxy) is 1. The van der Waals surface area contributed by atoms with Crippen LogP contribution in [-0.4, -0.2) is 18.4 Å². The van der Waals surface area contributed by atoms with Gasteiger partial charge >= 0.3 is 12.1 Å². The summed E-state index contributed by atoms with van der Waals surface area (Å²) in [7, 11) is 0. The molecule has 0 aliphatic carbocycles. The molecule has 126 valence electrons. The molecule has 0 N–H and O–H groups in total. The van der Waals surface area contributed by atoms with Crippen LogP contribution in [0.3, 0.4) is 0 Å². The predicted molar refractivity (Wildman–Crippen MR) is 85.1 cm³/mol. The molecule has 3 nitrogen and oxygen atoms in total. The molecule has 0 aliphatic heterocycles. The van der Waals surface area contributed by atoms with E-state index in [9.17, 15) is 22.8 Å². The molecule has 0 saturated heterocycles. The minimum Gasteiger partial charge on any atom is -0.454 e. The van der Waals surface area contributed by atoms with Crippen LogP contribution in [0.1, 0.15) is 20.8 Å². The molecule has 0 bridgehead atoms. The number of esters is 1. The molecule has 0 saturated carbocycles. The Kier molecular flexibility index (Phi) is 5.80. The Morgan fingerprint density at radius 3 is 2.58 bits per heavy atom. The minimum atomic E-state index is -4.46. The topological polar surface area (TPSA) is 43.4 Å². The Labute approximate surface area is 144 Å². The van der Waals surface area contributed by atoms with Gasteiger partial charge in [-0.3, -0.25) is 4.79 Å². The van der Waals surface area contributed by atoms with Crippen molar-refractivity contribution < 1.29 is 27.5 Å². The fourth-order valence-corrected chi connectivity index (χ4v) is 2.67. The number of rotatable bonds is 5. The fraction of sp³-hybridized carbons (Fsp3) is 0.125. The highest BCUT2D eigenvalue weighted by atomic mass is 35.5. The molecule has 1 aromatic carbocycles. The molecule has 0 spiro atoms. The number of carbonyl (C=O) groups is 2. The van der Waals surface area contributed by atoms with Crippen LogP contribution in [0.4, 0.5) is 13.2 Å².